The van der Waals surface area contributed by atoms with Crippen LogP contribution in [-0.4, -0.2) is 17.4 Å². The minimum Gasteiger partial charge on any atom is -0.652 e. The molecule has 0 atom stereocenters. The molecule has 86 valence electrons. The Kier molecular flexibility index (Phi) is 202. The maximum absolute atomic E-state index is 8.44. The summed E-state index contributed by atoms with van der Waals surface area (Å²) in [5.74, 6) is 0. The predicted octanol–water partition coefficient (Wildman–Crippen LogP) is -2.91. The molecule has 0 aromatic heterocycles. The monoisotopic (exact) mass is 248 g/mol. The van der Waals surface area contributed by atoms with Gasteiger partial charge in [0.2, 0.25) is 6.16 Å². The molecule has 0 bridgehead atoms. The smallest absolute Gasteiger partial charge is 0.652 e. The summed E-state index contributed by atoms with van der Waals surface area (Å²) < 4.78 is 0. The summed E-state index contributed by atoms with van der Waals surface area (Å²) in [6.45, 7) is 0. The van der Waals surface area contributed by atoms with Crippen molar-refractivity contribution in [1.29, 1.82) is 0 Å². The molecule has 0 amide bonds. The third-order valence-corrected chi connectivity index (χ3v) is 0. The van der Waals surface area contributed by atoms with E-state index < -0.39 is 12.3 Å². The maximum atomic E-state index is 8.44. The van der Waals surface area contributed by atoms with Gasteiger partial charge in [0, 0.05) is 0 Å². The van der Waals surface area contributed by atoms with Crippen molar-refractivity contribution >= 4 is 12.3 Å². The van der Waals surface area contributed by atoms with Crippen LogP contribution in [0.5, 0.6) is 0 Å². The summed E-state index contributed by atoms with van der Waals surface area (Å²) in [5.41, 5.74) is 0. The average Bonchev–Trinajstić information content (AvgIpc) is 1.25. The fraction of sp³-hybridized carbons (Fsp3) is 0. The molecule has 13 heavy (non-hydrogen) atoms. The normalized spacial score (nSPS) is 3.69. The van der Waals surface area contributed by atoms with Crippen molar-refractivity contribution in [2.45, 2.75) is 0 Å². The first-order valence-corrected chi connectivity index (χ1v) is 1.24. The molecule has 11 heteroatoms. The summed E-state index contributed by atoms with van der Waals surface area (Å²) >= 11 is 0. The van der Waals surface area contributed by atoms with E-state index in [1.165, 1.54) is 0 Å². The first kappa shape index (κ1) is 59.0. The molecule has 0 fully saturated rings. The van der Waals surface area contributed by atoms with Gasteiger partial charge in [0.25, 0.3) is 0 Å². The molecule has 0 aromatic rings. The molecule has 0 aliphatic rings. The Balaban J connectivity index is -0.00000000800. The molecule has 0 aliphatic carbocycles. The largest absolute Gasteiger partial charge is 3.00 e. The van der Waals surface area contributed by atoms with Gasteiger partial charge in [-0.3, -0.25) is 0 Å². The van der Waals surface area contributed by atoms with Gasteiger partial charge in [-0.05, 0) is 6.16 Å². The number of rotatable bonds is 0. The van der Waals surface area contributed by atoms with E-state index in [9.17, 15) is 0 Å². The summed E-state index contributed by atoms with van der Waals surface area (Å²) in [7, 11) is 0. The van der Waals surface area contributed by atoms with E-state index in [2.05, 4.69) is 0 Å². The van der Waals surface area contributed by atoms with Gasteiger partial charge < -0.3 is 54.6 Å². The Morgan fingerprint density at radius 3 is 0.846 bits per heavy atom. The first-order valence-electron chi connectivity index (χ1n) is 1.24. The van der Waals surface area contributed by atoms with Gasteiger partial charge in [-0.1, -0.05) is 0 Å². The fourth-order valence-corrected chi connectivity index (χ4v) is 0. The van der Waals surface area contributed by atoms with Crippen LogP contribution < -0.4 is 39.9 Å². The Morgan fingerprint density at radius 2 is 0.846 bits per heavy atom. The number of hydrogen-bond acceptors (Lipinski definition) is 9. The average molecular weight is 248 g/mol. The quantitative estimate of drug-likeness (QED) is 0.291. The second-order valence-corrected chi connectivity index (χ2v) is 0.516. The molecule has 0 heterocycles. The summed E-state index contributed by atoms with van der Waals surface area (Å²) in [5, 5.41) is 32.0. The van der Waals surface area contributed by atoms with E-state index in [-0.39, 0.29) is 41.4 Å². The molecular weight excluding hydrogens is 235 g/mol. The van der Waals surface area contributed by atoms with Gasteiger partial charge in [0.1, 0.15) is 0 Å². The molecule has 0 rings (SSSR count). The number of hydrogen-bond donors (Lipinski definition) is 5. The molecule has 0 aliphatic heterocycles. The predicted molar refractivity (Wildman–Crippen MR) is 33.5 cm³/mol. The van der Waals surface area contributed by atoms with Crippen LogP contribution in [0.15, 0.2) is 0 Å². The van der Waals surface area contributed by atoms with Gasteiger partial charge in [-0.25, -0.2) is 0 Å². The van der Waals surface area contributed by atoms with Crippen LogP contribution in [0.2, 0.25) is 0 Å². The van der Waals surface area contributed by atoms with Crippen molar-refractivity contribution < 1.29 is 46.8 Å². The van der Waals surface area contributed by atoms with Crippen molar-refractivity contribution in [3.63, 3.8) is 0 Å². The third kappa shape index (κ3) is 693. The summed E-state index contributed by atoms with van der Waals surface area (Å²) in [6, 6.07) is 0. The second-order valence-electron chi connectivity index (χ2n) is 0.516. The van der Waals surface area contributed by atoms with E-state index in [0.717, 1.165) is 0 Å². The van der Waals surface area contributed by atoms with Gasteiger partial charge in [0.05, 0.1) is 0 Å². The SMILES string of the molecule is N.N.N.N.O=C([O-])O.O=C([O-])[O-].[Co+3]. The van der Waals surface area contributed by atoms with Crippen LogP contribution in [0, 0.1) is 0 Å². The van der Waals surface area contributed by atoms with Crippen LogP contribution in [0.3, 0.4) is 0 Å². The Hall–Kier alpha value is -1.11. The van der Waals surface area contributed by atoms with E-state index >= 15 is 0 Å². The summed E-state index contributed by atoms with van der Waals surface area (Å²) in [6.07, 6.45) is -4.42. The molecule has 0 radical (unpaired) electrons. The van der Waals surface area contributed by atoms with Gasteiger partial charge in [-0.15, -0.1) is 0 Å². The topological polar surface area (TPSA) is 264 Å². The minimum absolute atomic E-state index is 0. The maximum Gasteiger partial charge on any atom is 3.00 e. The van der Waals surface area contributed by atoms with Crippen LogP contribution in [0.25, 0.3) is 0 Å². The zero-order valence-electron chi connectivity index (χ0n) is 6.65. The Morgan fingerprint density at radius 1 is 0.846 bits per heavy atom. The zero-order valence-corrected chi connectivity index (χ0v) is 7.69. The second kappa shape index (κ2) is 44.6. The minimum atomic E-state index is -2.33. The molecular formula is C2H13CoN4O6. The fourth-order valence-electron chi connectivity index (χ4n) is 0. The van der Waals surface area contributed by atoms with E-state index in [4.69, 9.17) is 30.0 Å². The van der Waals surface area contributed by atoms with Gasteiger partial charge >= 0.3 is 16.8 Å². The van der Waals surface area contributed by atoms with Crippen LogP contribution in [0.4, 0.5) is 9.59 Å². The van der Waals surface area contributed by atoms with E-state index in [1.807, 2.05) is 0 Å². The first-order chi connectivity index (χ1) is 3.46. The summed E-state index contributed by atoms with van der Waals surface area (Å²) in [4.78, 5) is 16.8. The molecule has 10 nitrogen and oxygen atoms in total. The molecule has 0 saturated heterocycles. The van der Waals surface area contributed by atoms with Crippen molar-refractivity contribution in [3.8, 4) is 0 Å². The Bertz CT molecular complexity index is 80.6. The number of carbonyl (C=O) groups is 2. The van der Waals surface area contributed by atoms with Gasteiger partial charge in [-0.2, -0.15) is 0 Å². The molecule has 0 saturated carbocycles. The molecule has 0 aromatic carbocycles. The van der Waals surface area contributed by atoms with E-state index in [0.29, 0.717) is 0 Å². The molecule has 0 unspecified atom stereocenters. The van der Waals surface area contributed by atoms with Crippen molar-refractivity contribution in [2.75, 3.05) is 0 Å². The number of carboxylic acid groups (broad SMARTS) is 4. The van der Waals surface area contributed by atoms with Crippen LogP contribution in [-0.2, 0) is 16.8 Å². The Labute approximate surface area is 84.5 Å². The zero-order chi connectivity index (χ0) is 7.15. The molecule has 13 N–H and O–H groups in total. The van der Waals surface area contributed by atoms with Crippen molar-refractivity contribution in [3.05, 3.63) is 0 Å². The number of carbonyl (C=O) groups excluding carboxylic acids is 1. The van der Waals surface area contributed by atoms with Gasteiger partial charge in [0.15, 0.2) is 0 Å². The van der Waals surface area contributed by atoms with Crippen LogP contribution in [0.1, 0.15) is 0 Å². The molecule has 0 spiro atoms. The van der Waals surface area contributed by atoms with Crippen molar-refractivity contribution in [2.24, 2.45) is 0 Å². The van der Waals surface area contributed by atoms with Crippen molar-refractivity contribution in [1.82, 2.24) is 24.6 Å². The third-order valence-electron chi connectivity index (χ3n) is 0. The van der Waals surface area contributed by atoms with Crippen LogP contribution >= 0.6 is 0 Å². The standard InChI is InChI=1S/2CH2O3.Co.4H3N/c2*2-1(3)4;;;;;/h2*(H2,2,3,4);;4*1H3/q;;+3;;;;/p-3. The van der Waals surface area contributed by atoms with E-state index in [1.54, 1.807) is 0 Å².